The highest BCUT2D eigenvalue weighted by atomic mass is 16.7. The second-order valence-corrected chi connectivity index (χ2v) is 13.8. The summed E-state index contributed by atoms with van der Waals surface area (Å²) in [6.07, 6.45) is -6.68. The fraction of sp³-hybridized carbons (Fsp3) is 0.897. The summed E-state index contributed by atoms with van der Waals surface area (Å²) in [5.41, 5.74) is -4.46. The van der Waals surface area contributed by atoms with Crippen LogP contribution in [0.4, 0.5) is 0 Å². The lowest BCUT2D eigenvalue weighted by atomic mass is 9.40. The molecule has 41 heavy (non-hydrogen) atoms. The second kappa shape index (κ2) is 9.91. The van der Waals surface area contributed by atoms with E-state index >= 15 is 0 Å². The smallest absolute Gasteiger partial charge is 0.331 e. The molecule has 0 aromatic carbocycles. The topological polar surface area (TPSA) is 207 Å². The fourth-order valence-corrected chi connectivity index (χ4v) is 10.1. The van der Waals surface area contributed by atoms with Crippen LogP contribution in [0.3, 0.4) is 0 Å². The van der Waals surface area contributed by atoms with Crippen LogP contribution in [-0.2, 0) is 19.0 Å². The number of aliphatic hydroxyl groups excluding tert-OH is 6. The Hall–Kier alpha value is -1.19. The van der Waals surface area contributed by atoms with Crippen molar-refractivity contribution in [2.45, 2.75) is 119 Å². The molecule has 8 N–H and O–H groups in total. The van der Waals surface area contributed by atoms with Gasteiger partial charge in [-0.3, -0.25) is 0 Å². The van der Waals surface area contributed by atoms with Crippen molar-refractivity contribution in [2.75, 3.05) is 13.2 Å². The summed E-state index contributed by atoms with van der Waals surface area (Å²) in [5.74, 6) is -1.93. The zero-order valence-corrected chi connectivity index (χ0v) is 23.5. The Morgan fingerprint density at radius 3 is 2.41 bits per heavy atom. The predicted molar refractivity (Wildman–Crippen MR) is 139 cm³/mol. The summed E-state index contributed by atoms with van der Waals surface area (Å²) >= 11 is 0. The summed E-state index contributed by atoms with van der Waals surface area (Å²) < 4.78 is 16.7. The number of rotatable bonds is 4. The normalized spacial score (nSPS) is 56.9. The summed E-state index contributed by atoms with van der Waals surface area (Å²) in [7, 11) is 0. The van der Waals surface area contributed by atoms with Crippen LogP contribution in [0.25, 0.3) is 0 Å². The van der Waals surface area contributed by atoms with Crippen molar-refractivity contribution in [1.82, 2.24) is 0 Å². The summed E-state index contributed by atoms with van der Waals surface area (Å²) in [4.78, 5) is 11.8. The quantitative estimate of drug-likeness (QED) is 0.140. The van der Waals surface area contributed by atoms with Gasteiger partial charge in [0.2, 0.25) is 0 Å². The molecule has 15 atom stereocenters. The van der Waals surface area contributed by atoms with Crippen LogP contribution in [0.5, 0.6) is 0 Å². The number of fused-ring (bicyclic) bond motifs is 5. The minimum atomic E-state index is -1.67. The largest absolute Gasteiger partial charge is 0.458 e. The molecule has 12 heteroatoms. The SMILES string of the molecule is C[C@H]1O[C@@H](O[C@@H]2C[C@H](O)[C@]3(CO)[C@@H]4[C@@H](CC[C@]3(O)C2)[C@]2(O)CC[C@H](C3=CC(=O)OC3)[C@@]2(C)C[C@@H]4O)[C@@H](O)[C@@H](O)[C@H]1O. The van der Waals surface area contributed by atoms with Gasteiger partial charge < -0.3 is 55.1 Å². The number of carbonyl (C=O) groups is 1. The number of hydrogen-bond donors (Lipinski definition) is 8. The van der Waals surface area contributed by atoms with E-state index in [1.807, 2.05) is 6.92 Å². The maximum atomic E-state index is 12.4. The van der Waals surface area contributed by atoms with Crippen LogP contribution >= 0.6 is 0 Å². The lowest BCUT2D eigenvalue weighted by Gasteiger charge is -2.68. The molecular weight excluding hydrogens is 540 g/mol. The summed E-state index contributed by atoms with van der Waals surface area (Å²) in [6, 6.07) is 0. The molecule has 232 valence electrons. The Balaban J connectivity index is 1.28. The van der Waals surface area contributed by atoms with E-state index in [0.29, 0.717) is 19.3 Å². The molecule has 12 nitrogen and oxygen atoms in total. The van der Waals surface area contributed by atoms with E-state index in [2.05, 4.69) is 0 Å². The molecular formula is C29H44O12. The van der Waals surface area contributed by atoms with Gasteiger partial charge in [0.05, 0.1) is 47.6 Å². The van der Waals surface area contributed by atoms with E-state index in [0.717, 1.165) is 5.57 Å². The third kappa shape index (κ3) is 3.99. The molecule has 0 spiro atoms. The molecule has 2 heterocycles. The zero-order chi connectivity index (χ0) is 29.7. The van der Waals surface area contributed by atoms with E-state index in [4.69, 9.17) is 14.2 Å². The van der Waals surface area contributed by atoms with Crippen LogP contribution in [0, 0.1) is 28.6 Å². The number of cyclic esters (lactones) is 1. The highest BCUT2D eigenvalue weighted by molar-refractivity contribution is 5.85. The van der Waals surface area contributed by atoms with Crippen LogP contribution in [-0.4, -0.2) is 120 Å². The summed E-state index contributed by atoms with van der Waals surface area (Å²) in [5, 5.41) is 89.6. The second-order valence-electron chi connectivity index (χ2n) is 13.8. The van der Waals surface area contributed by atoms with Crippen LogP contribution in [0.1, 0.15) is 58.8 Å². The molecule has 1 saturated heterocycles. The average molecular weight is 585 g/mol. The Bertz CT molecular complexity index is 1080. The zero-order valence-electron chi connectivity index (χ0n) is 23.5. The van der Waals surface area contributed by atoms with Gasteiger partial charge in [-0.05, 0) is 56.4 Å². The lowest BCUT2D eigenvalue weighted by Crippen LogP contribution is -2.76. The standard InChI is InChI=1S/C29H44O12/c1-13-22(34)23(35)24(36)25(40-13)41-15-8-19(32)28(12-30)21-17(3-5-27(28,37)9-15)29(38)6-4-16(14-7-20(33)39-11-14)26(29,2)10-18(21)31/h7,13,15-19,21-25,30-32,34-38H,3-6,8-12H2,1-2H3/t13-,15-,16-,17-,18+,19+,21-,22+,23+,24+,25+,26-,27+,28-,29-/m1/s1. The third-order valence-electron chi connectivity index (χ3n) is 12.2. The van der Waals surface area contributed by atoms with Gasteiger partial charge >= 0.3 is 5.97 Å². The number of esters is 1. The van der Waals surface area contributed by atoms with Gasteiger partial charge in [-0.1, -0.05) is 6.92 Å². The molecule has 4 aliphatic carbocycles. The van der Waals surface area contributed by atoms with Gasteiger partial charge in [-0.25, -0.2) is 4.79 Å². The van der Waals surface area contributed by atoms with Crippen molar-refractivity contribution < 1.29 is 59.9 Å². The van der Waals surface area contributed by atoms with Gasteiger partial charge in [0, 0.05) is 30.3 Å². The van der Waals surface area contributed by atoms with Crippen LogP contribution in [0.2, 0.25) is 0 Å². The highest BCUT2D eigenvalue weighted by Crippen LogP contribution is 2.70. The lowest BCUT2D eigenvalue weighted by molar-refractivity contribution is -0.342. The van der Waals surface area contributed by atoms with Gasteiger partial charge in [0.25, 0.3) is 0 Å². The summed E-state index contributed by atoms with van der Waals surface area (Å²) in [6.45, 7) is 3.00. The Morgan fingerprint density at radius 2 is 1.76 bits per heavy atom. The number of hydrogen-bond acceptors (Lipinski definition) is 12. The first-order chi connectivity index (χ1) is 19.2. The van der Waals surface area contributed by atoms with E-state index in [9.17, 15) is 45.6 Å². The molecule has 0 amide bonds. The van der Waals surface area contributed by atoms with Crippen molar-refractivity contribution in [3.8, 4) is 0 Å². The fourth-order valence-electron chi connectivity index (χ4n) is 10.1. The van der Waals surface area contributed by atoms with E-state index in [1.54, 1.807) is 0 Å². The number of ether oxygens (including phenoxy) is 3. The van der Waals surface area contributed by atoms with Crippen molar-refractivity contribution in [3.63, 3.8) is 0 Å². The van der Waals surface area contributed by atoms with Crippen molar-refractivity contribution in [3.05, 3.63) is 11.6 Å². The molecule has 0 unspecified atom stereocenters. The Kier molecular flexibility index (Phi) is 7.22. The molecule has 6 rings (SSSR count). The van der Waals surface area contributed by atoms with Gasteiger partial charge in [0.1, 0.15) is 24.9 Å². The van der Waals surface area contributed by atoms with E-state index in [-0.39, 0.29) is 38.2 Å². The molecule has 5 fully saturated rings. The van der Waals surface area contributed by atoms with Crippen molar-refractivity contribution in [1.29, 1.82) is 0 Å². The third-order valence-corrected chi connectivity index (χ3v) is 12.2. The molecule has 4 saturated carbocycles. The predicted octanol–water partition coefficient (Wildman–Crippen LogP) is -1.51. The van der Waals surface area contributed by atoms with Crippen molar-refractivity contribution >= 4 is 5.97 Å². The van der Waals surface area contributed by atoms with E-state index in [1.165, 1.54) is 13.0 Å². The molecule has 0 radical (unpaired) electrons. The molecule has 0 aromatic heterocycles. The van der Waals surface area contributed by atoms with Gasteiger partial charge in [0.15, 0.2) is 6.29 Å². The maximum absolute atomic E-state index is 12.4. The molecule has 2 aliphatic heterocycles. The van der Waals surface area contributed by atoms with Crippen LogP contribution < -0.4 is 0 Å². The maximum Gasteiger partial charge on any atom is 0.331 e. The van der Waals surface area contributed by atoms with Crippen LogP contribution in [0.15, 0.2) is 11.6 Å². The molecule has 0 aromatic rings. The molecule has 0 bridgehead atoms. The average Bonchev–Trinajstić information content (AvgIpc) is 3.45. The first kappa shape index (κ1) is 29.9. The first-order valence-corrected chi connectivity index (χ1v) is 14.9. The van der Waals surface area contributed by atoms with E-state index < -0.39 is 95.5 Å². The minimum Gasteiger partial charge on any atom is -0.458 e. The van der Waals surface area contributed by atoms with Gasteiger partial charge in [-0.2, -0.15) is 0 Å². The number of aliphatic hydroxyl groups is 8. The number of carbonyl (C=O) groups excluding carboxylic acids is 1. The molecule has 6 aliphatic rings. The first-order valence-electron chi connectivity index (χ1n) is 14.9. The van der Waals surface area contributed by atoms with Crippen molar-refractivity contribution in [2.24, 2.45) is 28.6 Å². The highest BCUT2D eigenvalue weighted by Gasteiger charge is 2.75. The Morgan fingerprint density at radius 1 is 1.02 bits per heavy atom. The van der Waals surface area contributed by atoms with Gasteiger partial charge in [-0.15, -0.1) is 0 Å². The monoisotopic (exact) mass is 584 g/mol. The minimum absolute atomic E-state index is 0.0369. The Labute approximate surface area is 238 Å².